The zero-order chi connectivity index (χ0) is 21.8. The van der Waals surface area contributed by atoms with Gasteiger partial charge in [-0.15, -0.1) is 0 Å². The molecule has 1 amide bonds. The normalized spacial score (nSPS) is 18.2. The molecule has 1 saturated heterocycles. The van der Waals surface area contributed by atoms with E-state index in [1.165, 1.54) is 19.1 Å². The Bertz CT molecular complexity index is 969. The first-order valence-electron chi connectivity index (χ1n) is 9.59. The van der Waals surface area contributed by atoms with Gasteiger partial charge in [-0.1, -0.05) is 30.3 Å². The van der Waals surface area contributed by atoms with E-state index in [1.807, 2.05) is 49.3 Å². The minimum atomic E-state index is -0.710. The topological polar surface area (TPSA) is 79.3 Å². The molecule has 0 bridgehead atoms. The molecule has 3 rings (SSSR count). The maximum absolute atomic E-state index is 13.0. The smallest absolute Gasteiger partial charge is 0.295 e. The van der Waals surface area contributed by atoms with E-state index in [1.54, 1.807) is 18.2 Å². The molecule has 1 fully saturated rings. The highest BCUT2D eigenvalue weighted by atomic mass is 16.5. The molecule has 30 heavy (non-hydrogen) atoms. The van der Waals surface area contributed by atoms with Gasteiger partial charge in [0, 0.05) is 19.2 Å². The van der Waals surface area contributed by atoms with Gasteiger partial charge in [-0.3, -0.25) is 9.59 Å². The number of rotatable bonds is 7. The SMILES string of the molecule is COc1ccc(/C(O)=C2\C(=O)C(=O)N(CCN(C)C)[C@@H]2c2ccccc2)c(OC)c1. The number of Topliss-reactive ketones (excluding diaryl/α,β-unsaturated/α-hetero) is 1. The van der Waals surface area contributed by atoms with E-state index < -0.39 is 17.7 Å². The molecule has 158 valence electrons. The molecule has 7 heteroatoms. The van der Waals surface area contributed by atoms with Gasteiger partial charge in [0.15, 0.2) is 0 Å². The second-order valence-corrected chi connectivity index (χ2v) is 7.27. The van der Waals surface area contributed by atoms with E-state index in [9.17, 15) is 14.7 Å². The van der Waals surface area contributed by atoms with Crippen molar-refractivity contribution < 1.29 is 24.2 Å². The zero-order valence-electron chi connectivity index (χ0n) is 17.6. The molecule has 1 aliphatic heterocycles. The number of benzene rings is 2. The second-order valence-electron chi connectivity index (χ2n) is 7.27. The minimum Gasteiger partial charge on any atom is -0.507 e. The summed E-state index contributed by atoms with van der Waals surface area (Å²) in [6.07, 6.45) is 0. The van der Waals surface area contributed by atoms with Gasteiger partial charge in [-0.2, -0.15) is 0 Å². The summed E-state index contributed by atoms with van der Waals surface area (Å²) in [5.74, 6) is -0.709. The molecule has 0 saturated carbocycles. The van der Waals surface area contributed by atoms with Gasteiger partial charge in [-0.05, 0) is 31.8 Å². The standard InChI is InChI=1S/C23H26N2O5/c1-24(2)12-13-25-20(15-8-6-5-7-9-15)19(22(27)23(25)28)21(26)17-11-10-16(29-3)14-18(17)30-4/h5-11,14,20,26H,12-13H2,1-4H3/b21-19+/t20-/m1/s1. The lowest BCUT2D eigenvalue weighted by molar-refractivity contribution is -0.140. The van der Waals surface area contributed by atoms with Crippen molar-refractivity contribution in [2.24, 2.45) is 0 Å². The maximum Gasteiger partial charge on any atom is 0.295 e. The molecule has 0 spiro atoms. The van der Waals surface area contributed by atoms with E-state index in [4.69, 9.17) is 9.47 Å². The van der Waals surface area contributed by atoms with Crippen molar-refractivity contribution in [3.8, 4) is 11.5 Å². The highest BCUT2D eigenvalue weighted by Gasteiger charge is 2.46. The highest BCUT2D eigenvalue weighted by molar-refractivity contribution is 6.46. The summed E-state index contributed by atoms with van der Waals surface area (Å²) in [6, 6.07) is 13.5. The predicted molar refractivity (Wildman–Crippen MR) is 114 cm³/mol. The summed E-state index contributed by atoms with van der Waals surface area (Å²) in [5, 5.41) is 11.2. The predicted octanol–water partition coefficient (Wildman–Crippen LogP) is 2.69. The van der Waals surface area contributed by atoms with Crippen LogP contribution in [0.15, 0.2) is 54.1 Å². The number of aliphatic hydroxyl groups is 1. The van der Waals surface area contributed by atoms with Crippen molar-refractivity contribution in [1.82, 2.24) is 9.80 Å². The third-order valence-corrected chi connectivity index (χ3v) is 5.11. The molecule has 0 radical (unpaired) electrons. The quantitative estimate of drug-likeness (QED) is 0.430. The van der Waals surface area contributed by atoms with Crippen LogP contribution in [0.4, 0.5) is 0 Å². The van der Waals surface area contributed by atoms with Gasteiger partial charge < -0.3 is 24.4 Å². The van der Waals surface area contributed by atoms with E-state index in [0.717, 1.165) is 5.56 Å². The Morgan fingerprint density at radius 2 is 1.77 bits per heavy atom. The van der Waals surface area contributed by atoms with Crippen LogP contribution in [-0.2, 0) is 9.59 Å². The Hall–Kier alpha value is -3.32. The third kappa shape index (κ3) is 4.02. The second kappa shape index (κ2) is 9.00. The van der Waals surface area contributed by atoms with Gasteiger partial charge in [-0.25, -0.2) is 0 Å². The van der Waals surface area contributed by atoms with Gasteiger partial charge in [0.2, 0.25) is 0 Å². The monoisotopic (exact) mass is 410 g/mol. The Morgan fingerprint density at radius 3 is 2.37 bits per heavy atom. The number of hydrogen-bond acceptors (Lipinski definition) is 6. The lowest BCUT2D eigenvalue weighted by Crippen LogP contribution is -2.35. The van der Waals surface area contributed by atoms with E-state index in [-0.39, 0.29) is 11.3 Å². The Kier molecular flexibility index (Phi) is 6.42. The number of amides is 1. The fraction of sp³-hybridized carbons (Fsp3) is 0.304. The lowest BCUT2D eigenvalue weighted by Gasteiger charge is -2.26. The van der Waals surface area contributed by atoms with Crippen LogP contribution >= 0.6 is 0 Å². The molecule has 1 N–H and O–H groups in total. The number of methoxy groups -OCH3 is 2. The molecule has 0 aliphatic carbocycles. The Balaban J connectivity index is 2.17. The van der Waals surface area contributed by atoms with E-state index in [2.05, 4.69) is 0 Å². The van der Waals surface area contributed by atoms with Gasteiger partial charge in [0.1, 0.15) is 17.3 Å². The van der Waals surface area contributed by atoms with E-state index >= 15 is 0 Å². The summed E-state index contributed by atoms with van der Waals surface area (Å²) in [5.41, 5.74) is 1.13. The van der Waals surface area contributed by atoms with Crippen LogP contribution in [-0.4, -0.2) is 68.0 Å². The molecular weight excluding hydrogens is 384 g/mol. The molecule has 1 aliphatic rings. The van der Waals surface area contributed by atoms with Crippen molar-refractivity contribution >= 4 is 17.4 Å². The van der Waals surface area contributed by atoms with Crippen LogP contribution in [0.25, 0.3) is 5.76 Å². The molecule has 1 heterocycles. The molecule has 7 nitrogen and oxygen atoms in total. The first-order valence-corrected chi connectivity index (χ1v) is 9.59. The van der Waals surface area contributed by atoms with Crippen LogP contribution in [0, 0.1) is 0 Å². The number of nitrogens with zero attached hydrogens (tertiary/aromatic N) is 2. The number of hydrogen-bond donors (Lipinski definition) is 1. The fourth-order valence-electron chi connectivity index (χ4n) is 3.54. The van der Waals surface area contributed by atoms with Crippen molar-refractivity contribution in [2.45, 2.75) is 6.04 Å². The number of likely N-dealkylation sites (N-methyl/N-ethyl adjacent to an activating group) is 1. The minimum absolute atomic E-state index is 0.0495. The lowest BCUT2D eigenvalue weighted by atomic mass is 9.95. The number of aliphatic hydroxyl groups excluding tert-OH is 1. The summed E-state index contributed by atoms with van der Waals surface area (Å²) in [7, 11) is 6.79. The average Bonchev–Trinajstić information content (AvgIpc) is 3.02. The first kappa shape index (κ1) is 21.4. The average molecular weight is 410 g/mol. The largest absolute Gasteiger partial charge is 0.507 e. The number of carbonyl (C=O) groups excluding carboxylic acids is 2. The van der Waals surface area contributed by atoms with Crippen LogP contribution < -0.4 is 9.47 Å². The van der Waals surface area contributed by atoms with Crippen molar-refractivity contribution in [3.05, 3.63) is 65.2 Å². The number of ether oxygens (including phenoxy) is 2. The molecule has 1 atom stereocenters. The van der Waals surface area contributed by atoms with Crippen LogP contribution in [0.5, 0.6) is 11.5 Å². The summed E-state index contributed by atoms with van der Waals surface area (Å²) in [6.45, 7) is 0.940. The fourth-order valence-corrected chi connectivity index (χ4v) is 3.54. The van der Waals surface area contributed by atoms with Crippen molar-refractivity contribution in [3.63, 3.8) is 0 Å². The summed E-state index contributed by atoms with van der Waals surface area (Å²) >= 11 is 0. The molecule has 2 aromatic rings. The number of ketones is 1. The van der Waals surface area contributed by atoms with Crippen molar-refractivity contribution in [1.29, 1.82) is 0 Å². The highest BCUT2D eigenvalue weighted by Crippen LogP contribution is 2.41. The van der Waals surface area contributed by atoms with Gasteiger partial charge >= 0.3 is 0 Å². The van der Waals surface area contributed by atoms with E-state index in [0.29, 0.717) is 30.2 Å². The first-order chi connectivity index (χ1) is 14.4. The number of likely N-dealkylation sites (tertiary alicyclic amines) is 1. The molecule has 2 aromatic carbocycles. The third-order valence-electron chi connectivity index (χ3n) is 5.11. The van der Waals surface area contributed by atoms with Gasteiger partial charge in [0.25, 0.3) is 11.7 Å². The van der Waals surface area contributed by atoms with Crippen LogP contribution in [0.1, 0.15) is 17.2 Å². The van der Waals surface area contributed by atoms with Crippen LogP contribution in [0.3, 0.4) is 0 Å². The molecule has 0 unspecified atom stereocenters. The number of carbonyl (C=O) groups is 2. The maximum atomic E-state index is 13.0. The summed E-state index contributed by atoms with van der Waals surface area (Å²) in [4.78, 5) is 29.3. The Labute approximate surface area is 176 Å². The van der Waals surface area contributed by atoms with Gasteiger partial charge in [0.05, 0.1) is 31.4 Å². The Morgan fingerprint density at radius 1 is 1.07 bits per heavy atom. The summed E-state index contributed by atoms with van der Waals surface area (Å²) < 4.78 is 10.6. The van der Waals surface area contributed by atoms with Crippen LogP contribution in [0.2, 0.25) is 0 Å². The molecule has 0 aromatic heterocycles. The molecular formula is C23H26N2O5. The zero-order valence-corrected chi connectivity index (χ0v) is 17.6. The van der Waals surface area contributed by atoms with Crippen molar-refractivity contribution in [2.75, 3.05) is 41.4 Å².